The van der Waals surface area contributed by atoms with Gasteiger partial charge in [-0.1, -0.05) is 13.8 Å². The Morgan fingerprint density at radius 2 is 2.14 bits per heavy atom. The Hall–Kier alpha value is -0.640. The van der Waals surface area contributed by atoms with Gasteiger partial charge in [-0.2, -0.15) is 5.26 Å². The fourth-order valence-electron chi connectivity index (χ4n) is 0.804. The van der Waals surface area contributed by atoms with Gasteiger partial charge in [-0.05, 0) is 12.3 Å². The van der Waals surface area contributed by atoms with Crippen molar-refractivity contribution in [1.29, 1.82) is 5.26 Å². The second-order valence-corrected chi connectivity index (χ2v) is 5.15. The number of rotatable bonds is 6. The molecule has 82 valence electrons. The summed E-state index contributed by atoms with van der Waals surface area (Å²) in [6, 6.07) is 1.72. The van der Waals surface area contributed by atoms with Crippen molar-refractivity contribution in [2.45, 2.75) is 25.5 Å². The molecule has 0 bridgehead atoms. The molecule has 0 fully saturated rings. The second-order valence-electron chi connectivity index (χ2n) is 3.21. The van der Waals surface area contributed by atoms with E-state index in [0.29, 0.717) is 0 Å². The molecule has 0 aliphatic rings. The van der Waals surface area contributed by atoms with Crippen molar-refractivity contribution in [3.05, 3.63) is 0 Å². The molecule has 0 amide bonds. The zero-order valence-corrected chi connectivity index (χ0v) is 9.21. The molecule has 0 saturated carbocycles. The van der Waals surface area contributed by atoms with Crippen LogP contribution in [0.4, 0.5) is 0 Å². The molecule has 5 nitrogen and oxygen atoms in total. The summed E-state index contributed by atoms with van der Waals surface area (Å²) in [7, 11) is -3.55. The van der Waals surface area contributed by atoms with Crippen LogP contribution in [0.15, 0.2) is 0 Å². The number of aliphatic hydroxyl groups excluding tert-OH is 1. The highest BCUT2D eigenvalue weighted by Gasteiger charge is 2.23. The highest BCUT2D eigenvalue weighted by atomic mass is 32.2. The van der Waals surface area contributed by atoms with E-state index in [9.17, 15) is 8.42 Å². The third-order valence-electron chi connectivity index (χ3n) is 1.83. The topological polar surface area (TPSA) is 90.2 Å². The molecule has 0 heterocycles. The third-order valence-corrected chi connectivity index (χ3v) is 3.59. The van der Waals surface area contributed by atoms with Gasteiger partial charge in [0, 0.05) is 13.2 Å². The fourth-order valence-corrected chi connectivity index (χ4v) is 2.10. The Labute approximate surface area is 84.8 Å². The Bertz CT molecular complexity index is 294. The Kier molecular flexibility index (Phi) is 5.69. The van der Waals surface area contributed by atoms with Gasteiger partial charge in [0.1, 0.15) is 0 Å². The van der Waals surface area contributed by atoms with Crippen LogP contribution >= 0.6 is 0 Å². The molecule has 0 aromatic rings. The maximum atomic E-state index is 11.4. The minimum Gasteiger partial charge on any atom is -0.396 e. The molecule has 6 heteroatoms. The maximum Gasteiger partial charge on any atom is 0.227 e. The van der Waals surface area contributed by atoms with E-state index in [1.54, 1.807) is 19.9 Å². The summed E-state index contributed by atoms with van der Waals surface area (Å²) in [6.45, 7) is 3.45. The summed E-state index contributed by atoms with van der Waals surface area (Å²) in [5.41, 5.74) is 0. The molecule has 2 N–H and O–H groups in total. The van der Waals surface area contributed by atoms with Crippen molar-refractivity contribution in [3.8, 4) is 6.07 Å². The van der Waals surface area contributed by atoms with Crippen LogP contribution in [0, 0.1) is 17.2 Å². The van der Waals surface area contributed by atoms with E-state index in [-0.39, 0.29) is 25.5 Å². The summed E-state index contributed by atoms with van der Waals surface area (Å²) in [5.74, 6) is -0.138. The maximum absolute atomic E-state index is 11.4. The van der Waals surface area contributed by atoms with Crippen LogP contribution in [0.2, 0.25) is 0 Å². The molecule has 0 spiro atoms. The van der Waals surface area contributed by atoms with Crippen molar-refractivity contribution in [3.63, 3.8) is 0 Å². The van der Waals surface area contributed by atoms with Gasteiger partial charge in [0.15, 0.2) is 5.25 Å². The average Bonchev–Trinajstić information content (AvgIpc) is 2.15. The largest absolute Gasteiger partial charge is 0.396 e. The van der Waals surface area contributed by atoms with Crippen molar-refractivity contribution in [2.75, 3.05) is 13.2 Å². The zero-order valence-electron chi connectivity index (χ0n) is 8.40. The minimum absolute atomic E-state index is 0.0775. The van der Waals surface area contributed by atoms with Crippen LogP contribution in [-0.2, 0) is 10.0 Å². The summed E-state index contributed by atoms with van der Waals surface area (Å²) >= 11 is 0. The summed E-state index contributed by atoms with van der Waals surface area (Å²) in [6.07, 6.45) is 0.263. The number of sulfonamides is 1. The number of aliphatic hydroxyl groups is 1. The molecule has 0 aromatic carbocycles. The molecule has 0 saturated heterocycles. The van der Waals surface area contributed by atoms with Gasteiger partial charge < -0.3 is 5.11 Å². The van der Waals surface area contributed by atoms with Gasteiger partial charge in [-0.25, -0.2) is 13.1 Å². The fraction of sp³-hybridized carbons (Fsp3) is 0.875. The molecule has 14 heavy (non-hydrogen) atoms. The standard InChI is InChI=1S/C8H16N2O3S/c1-3-8(4-9)14(12,13)10-5-7(2)6-11/h7-8,10-11H,3,5-6H2,1-2H3. The first-order valence-corrected chi connectivity index (χ1v) is 6.01. The zero-order chi connectivity index (χ0) is 11.2. The van der Waals surface area contributed by atoms with Crippen molar-refractivity contribution >= 4 is 10.0 Å². The van der Waals surface area contributed by atoms with Gasteiger partial charge >= 0.3 is 0 Å². The number of nitriles is 1. The molecular weight excluding hydrogens is 204 g/mol. The lowest BCUT2D eigenvalue weighted by atomic mass is 10.2. The second kappa shape index (κ2) is 5.96. The molecule has 0 aliphatic heterocycles. The lowest BCUT2D eigenvalue weighted by molar-refractivity contribution is 0.238. The monoisotopic (exact) mass is 220 g/mol. The minimum atomic E-state index is -3.55. The molecule has 0 radical (unpaired) electrons. The van der Waals surface area contributed by atoms with E-state index in [2.05, 4.69) is 4.72 Å². The normalized spacial score (nSPS) is 15.9. The van der Waals surface area contributed by atoms with Gasteiger partial charge in [-0.3, -0.25) is 0 Å². The van der Waals surface area contributed by atoms with E-state index in [0.717, 1.165) is 0 Å². The first-order chi connectivity index (χ1) is 6.47. The summed E-state index contributed by atoms with van der Waals surface area (Å²) < 4.78 is 25.1. The van der Waals surface area contributed by atoms with Crippen molar-refractivity contribution in [1.82, 2.24) is 4.72 Å². The summed E-state index contributed by atoms with van der Waals surface area (Å²) in [4.78, 5) is 0. The Morgan fingerprint density at radius 3 is 2.50 bits per heavy atom. The van der Waals surface area contributed by atoms with Crippen molar-refractivity contribution < 1.29 is 13.5 Å². The first kappa shape index (κ1) is 13.4. The Balaban J connectivity index is 4.29. The predicted octanol–water partition coefficient (Wildman–Crippen LogP) is -0.164. The van der Waals surface area contributed by atoms with Crippen LogP contribution in [0.1, 0.15) is 20.3 Å². The highest BCUT2D eigenvalue weighted by Crippen LogP contribution is 2.03. The molecule has 2 atom stereocenters. The van der Waals surface area contributed by atoms with E-state index >= 15 is 0 Å². The summed E-state index contributed by atoms with van der Waals surface area (Å²) in [5, 5.41) is 16.2. The number of hydrogen-bond acceptors (Lipinski definition) is 4. The van der Waals surface area contributed by atoms with E-state index in [4.69, 9.17) is 10.4 Å². The van der Waals surface area contributed by atoms with Gasteiger partial charge in [-0.15, -0.1) is 0 Å². The van der Waals surface area contributed by atoms with Gasteiger partial charge in [0.25, 0.3) is 0 Å². The third kappa shape index (κ3) is 4.05. The van der Waals surface area contributed by atoms with Crippen LogP contribution in [0.5, 0.6) is 0 Å². The van der Waals surface area contributed by atoms with E-state index in [1.165, 1.54) is 0 Å². The first-order valence-electron chi connectivity index (χ1n) is 4.46. The van der Waals surface area contributed by atoms with Crippen LogP contribution in [-0.4, -0.2) is 31.9 Å². The quantitative estimate of drug-likeness (QED) is 0.650. The molecule has 0 aromatic heterocycles. The van der Waals surface area contributed by atoms with E-state index < -0.39 is 15.3 Å². The Morgan fingerprint density at radius 1 is 1.57 bits per heavy atom. The number of hydrogen-bond donors (Lipinski definition) is 2. The molecule has 0 aliphatic carbocycles. The molecule has 0 rings (SSSR count). The van der Waals surface area contributed by atoms with Crippen molar-refractivity contribution in [2.24, 2.45) is 5.92 Å². The number of nitrogens with one attached hydrogen (secondary N) is 1. The van der Waals surface area contributed by atoms with Gasteiger partial charge in [0.05, 0.1) is 6.07 Å². The van der Waals surface area contributed by atoms with E-state index in [1.807, 2.05) is 0 Å². The lowest BCUT2D eigenvalue weighted by Crippen LogP contribution is -2.36. The van der Waals surface area contributed by atoms with Crippen LogP contribution in [0.3, 0.4) is 0 Å². The van der Waals surface area contributed by atoms with Crippen LogP contribution in [0.25, 0.3) is 0 Å². The van der Waals surface area contributed by atoms with Crippen LogP contribution < -0.4 is 4.72 Å². The SMILES string of the molecule is CCC(C#N)S(=O)(=O)NCC(C)CO. The predicted molar refractivity (Wildman–Crippen MR) is 52.9 cm³/mol. The van der Waals surface area contributed by atoms with Gasteiger partial charge in [0.2, 0.25) is 10.0 Å². The smallest absolute Gasteiger partial charge is 0.227 e. The lowest BCUT2D eigenvalue weighted by Gasteiger charge is -2.12. The average molecular weight is 220 g/mol. The highest BCUT2D eigenvalue weighted by molar-refractivity contribution is 7.90. The molecular formula is C8H16N2O3S. The number of nitrogens with zero attached hydrogens (tertiary/aromatic N) is 1. The molecule has 2 unspecified atom stereocenters.